The third-order valence-corrected chi connectivity index (χ3v) is 7.84. The predicted octanol–water partition coefficient (Wildman–Crippen LogP) is 9.14. The summed E-state index contributed by atoms with van der Waals surface area (Å²) in [4.78, 5) is 6.14. The number of aromatic nitrogens is 1. The standard InChI is InChI=1S/C32H32N2/c1-31(2)18-19-32(3,4)26-21-28-24(20-25(26)31)30-27(33-28)16-11-17-29(30)34(22-12-7-5-8-13-22)23-14-9-6-10-15-23/h5-17,20-21,33H,18-19H2,1-4H3. The maximum atomic E-state index is 3.76. The van der Waals surface area contributed by atoms with Crippen molar-refractivity contribution in [1.82, 2.24) is 4.98 Å². The second-order valence-corrected chi connectivity index (χ2v) is 11.0. The third kappa shape index (κ3) is 3.24. The van der Waals surface area contributed by atoms with Gasteiger partial charge in [0.1, 0.15) is 0 Å². The Labute approximate surface area is 202 Å². The highest BCUT2D eigenvalue weighted by Gasteiger charge is 2.37. The molecule has 0 aliphatic heterocycles. The number of hydrogen-bond acceptors (Lipinski definition) is 1. The van der Waals surface area contributed by atoms with Gasteiger partial charge in [0.05, 0.1) is 5.69 Å². The molecular weight excluding hydrogens is 412 g/mol. The smallest absolute Gasteiger partial charge is 0.0561 e. The number of nitrogens with one attached hydrogen (secondary N) is 1. The van der Waals surface area contributed by atoms with Crippen LogP contribution in [0.4, 0.5) is 17.1 Å². The van der Waals surface area contributed by atoms with Gasteiger partial charge in [-0.25, -0.2) is 0 Å². The summed E-state index contributed by atoms with van der Waals surface area (Å²) >= 11 is 0. The first-order valence-corrected chi connectivity index (χ1v) is 12.3. The van der Waals surface area contributed by atoms with Crippen LogP contribution >= 0.6 is 0 Å². The molecule has 1 heterocycles. The van der Waals surface area contributed by atoms with Crippen LogP contribution in [0.1, 0.15) is 51.7 Å². The number of hydrogen-bond donors (Lipinski definition) is 1. The normalized spacial score (nSPS) is 16.5. The monoisotopic (exact) mass is 444 g/mol. The second kappa shape index (κ2) is 7.50. The third-order valence-electron chi connectivity index (χ3n) is 7.84. The van der Waals surface area contributed by atoms with Crippen LogP contribution in [0, 0.1) is 0 Å². The van der Waals surface area contributed by atoms with Crippen molar-refractivity contribution in [2.24, 2.45) is 0 Å². The number of benzene rings is 4. The number of aromatic amines is 1. The highest BCUT2D eigenvalue weighted by molar-refractivity contribution is 6.15. The molecule has 2 nitrogen and oxygen atoms in total. The molecule has 0 atom stereocenters. The molecule has 0 saturated heterocycles. The zero-order valence-electron chi connectivity index (χ0n) is 20.5. The summed E-state index contributed by atoms with van der Waals surface area (Å²) in [5.74, 6) is 0. The zero-order valence-corrected chi connectivity index (χ0v) is 20.5. The van der Waals surface area contributed by atoms with Crippen LogP contribution in [0.25, 0.3) is 21.8 Å². The highest BCUT2D eigenvalue weighted by Crippen LogP contribution is 2.49. The quantitative estimate of drug-likeness (QED) is 0.294. The van der Waals surface area contributed by atoms with E-state index in [1.807, 2.05) is 0 Å². The molecule has 6 rings (SSSR count). The minimum atomic E-state index is 0.177. The Morgan fingerprint density at radius 2 is 1.18 bits per heavy atom. The second-order valence-electron chi connectivity index (χ2n) is 11.0. The Morgan fingerprint density at radius 3 is 1.76 bits per heavy atom. The molecule has 5 aromatic rings. The van der Waals surface area contributed by atoms with Crippen LogP contribution in [0.3, 0.4) is 0 Å². The molecule has 0 bridgehead atoms. The van der Waals surface area contributed by atoms with Crippen LogP contribution in [0.15, 0.2) is 91.0 Å². The first kappa shape index (κ1) is 21.0. The van der Waals surface area contributed by atoms with E-state index in [0.717, 1.165) is 11.4 Å². The number of fused-ring (bicyclic) bond motifs is 4. The van der Waals surface area contributed by atoms with E-state index in [-0.39, 0.29) is 10.8 Å². The van der Waals surface area contributed by atoms with Crippen LogP contribution < -0.4 is 4.90 Å². The molecule has 1 aromatic heterocycles. The van der Waals surface area contributed by atoms with Crippen molar-refractivity contribution in [2.45, 2.75) is 51.4 Å². The summed E-state index contributed by atoms with van der Waals surface area (Å²) in [7, 11) is 0. The van der Waals surface area contributed by atoms with E-state index >= 15 is 0 Å². The van der Waals surface area contributed by atoms with Crippen molar-refractivity contribution in [3.63, 3.8) is 0 Å². The van der Waals surface area contributed by atoms with Crippen molar-refractivity contribution in [2.75, 3.05) is 4.90 Å². The summed E-state index contributed by atoms with van der Waals surface area (Å²) < 4.78 is 0. The fraction of sp³-hybridized carbons (Fsp3) is 0.250. The summed E-state index contributed by atoms with van der Waals surface area (Å²) in [6, 6.07) is 32.9. The average molecular weight is 445 g/mol. The predicted molar refractivity (Wildman–Crippen MR) is 146 cm³/mol. The van der Waals surface area contributed by atoms with Gasteiger partial charge in [-0.3, -0.25) is 0 Å². The molecule has 0 radical (unpaired) electrons. The molecule has 170 valence electrons. The molecule has 2 heteroatoms. The van der Waals surface area contributed by atoms with E-state index in [0.29, 0.717) is 0 Å². The molecule has 0 saturated carbocycles. The Bertz CT molecular complexity index is 1450. The molecule has 0 unspecified atom stereocenters. The van der Waals surface area contributed by atoms with E-state index in [2.05, 4.69) is 129 Å². The number of nitrogens with zero attached hydrogens (tertiary/aromatic N) is 1. The van der Waals surface area contributed by atoms with E-state index in [1.54, 1.807) is 0 Å². The van der Waals surface area contributed by atoms with Crippen molar-refractivity contribution < 1.29 is 0 Å². The Kier molecular flexibility index (Phi) is 4.64. The number of H-pyrrole nitrogens is 1. The van der Waals surface area contributed by atoms with Crippen molar-refractivity contribution >= 4 is 38.9 Å². The SMILES string of the molecule is CC1(C)CCC(C)(C)c2cc3c(cc21)[nH]c1cccc(N(c2ccccc2)c2ccccc2)c13. The van der Waals surface area contributed by atoms with Crippen molar-refractivity contribution in [1.29, 1.82) is 0 Å². The largest absolute Gasteiger partial charge is 0.354 e. The Balaban J connectivity index is 1.68. The van der Waals surface area contributed by atoms with Gasteiger partial charge < -0.3 is 9.88 Å². The number of rotatable bonds is 3. The summed E-state index contributed by atoms with van der Waals surface area (Å²) in [6.07, 6.45) is 2.44. The first-order chi connectivity index (χ1) is 16.4. The summed E-state index contributed by atoms with van der Waals surface area (Å²) in [6.45, 7) is 9.60. The van der Waals surface area contributed by atoms with Gasteiger partial charge in [-0.15, -0.1) is 0 Å². The van der Waals surface area contributed by atoms with Gasteiger partial charge in [0.15, 0.2) is 0 Å². The minimum Gasteiger partial charge on any atom is -0.354 e. The van der Waals surface area contributed by atoms with Crippen LogP contribution in [-0.2, 0) is 10.8 Å². The molecule has 0 fully saturated rings. The van der Waals surface area contributed by atoms with Gasteiger partial charge >= 0.3 is 0 Å². The van der Waals surface area contributed by atoms with E-state index in [9.17, 15) is 0 Å². The molecule has 4 aromatic carbocycles. The van der Waals surface area contributed by atoms with Crippen molar-refractivity contribution in [3.8, 4) is 0 Å². The van der Waals surface area contributed by atoms with Gasteiger partial charge in [-0.1, -0.05) is 70.2 Å². The Hall–Kier alpha value is -3.52. The highest BCUT2D eigenvalue weighted by atomic mass is 15.1. The molecule has 1 aliphatic rings. The lowest BCUT2D eigenvalue weighted by Crippen LogP contribution is -2.33. The zero-order chi connectivity index (χ0) is 23.5. The van der Waals surface area contributed by atoms with Crippen LogP contribution in [0.5, 0.6) is 0 Å². The molecule has 1 aliphatic carbocycles. The van der Waals surface area contributed by atoms with Crippen LogP contribution in [-0.4, -0.2) is 4.98 Å². The fourth-order valence-electron chi connectivity index (χ4n) is 5.76. The maximum absolute atomic E-state index is 3.76. The van der Waals surface area contributed by atoms with Gasteiger partial charge in [0.25, 0.3) is 0 Å². The molecule has 0 amide bonds. The number of para-hydroxylation sites is 2. The number of anilines is 3. The summed E-state index contributed by atoms with van der Waals surface area (Å²) in [5, 5.41) is 2.60. The first-order valence-electron chi connectivity index (χ1n) is 12.3. The molecular formula is C32H32N2. The topological polar surface area (TPSA) is 19.0 Å². The lowest BCUT2D eigenvalue weighted by atomic mass is 9.63. The van der Waals surface area contributed by atoms with Gasteiger partial charge in [-0.2, -0.15) is 0 Å². The van der Waals surface area contributed by atoms with E-state index in [1.165, 1.54) is 51.5 Å². The van der Waals surface area contributed by atoms with E-state index < -0.39 is 0 Å². The average Bonchev–Trinajstić information content (AvgIpc) is 3.22. The Morgan fingerprint density at radius 1 is 0.618 bits per heavy atom. The maximum Gasteiger partial charge on any atom is 0.0561 e. The van der Waals surface area contributed by atoms with E-state index in [4.69, 9.17) is 0 Å². The lowest BCUT2D eigenvalue weighted by Gasteiger charge is -2.41. The molecule has 1 N–H and O–H groups in total. The lowest BCUT2D eigenvalue weighted by molar-refractivity contribution is 0.332. The van der Waals surface area contributed by atoms with Crippen molar-refractivity contribution in [3.05, 3.63) is 102 Å². The summed E-state index contributed by atoms with van der Waals surface area (Å²) in [5.41, 5.74) is 9.30. The van der Waals surface area contributed by atoms with Gasteiger partial charge in [0, 0.05) is 33.2 Å². The fourth-order valence-corrected chi connectivity index (χ4v) is 5.76. The van der Waals surface area contributed by atoms with Gasteiger partial charge in [-0.05, 0) is 83.3 Å². The van der Waals surface area contributed by atoms with Gasteiger partial charge in [0.2, 0.25) is 0 Å². The van der Waals surface area contributed by atoms with Crippen LogP contribution in [0.2, 0.25) is 0 Å². The molecule has 34 heavy (non-hydrogen) atoms. The minimum absolute atomic E-state index is 0.177. The molecule has 0 spiro atoms.